The molecule has 0 atom stereocenters. The molecule has 1 amide bonds. The van der Waals surface area contributed by atoms with Crippen LogP contribution in [0.25, 0.3) is 10.9 Å². The number of aryl methyl sites for hydroxylation is 1. The molecule has 0 aliphatic carbocycles. The number of rotatable bonds is 5. The first-order valence-corrected chi connectivity index (χ1v) is 9.86. The number of nitrogens with zero attached hydrogens (tertiary/aromatic N) is 3. The topological polar surface area (TPSA) is 48.5 Å². The minimum Gasteiger partial charge on any atom is -0.369 e. The summed E-state index contributed by atoms with van der Waals surface area (Å²) < 4.78 is 0. The van der Waals surface area contributed by atoms with Crippen LogP contribution < -0.4 is 10.2 Å². The number of pyridine rings is 1. The lowest BCUT2D eigenvalue weighted by Gasteiger charge is -2.36. The summed E-state index contributed by atoms with van der Waals surface area (Å²) in [6, 6.07) is 18.2. The van der Waals surface area contributed by atoms with E-state index in [-0.39, 0.29) is 5.91 Å². The number of nitrogens with one attached hydrogen (secondary N) is 1. The lowest BCUT2D eigenvalue weighted by atomic mass is 10.1. The molecule has 5 nitrogen and oxygen atoms in total. The van der Waals surface area contributed by atoms with Gasteiger partial charge in [-0.25, -0.2) is 0 Å². The van der Waals surface area contributed by atoms with Gasteiger partial charge in [-0.3, -0.25) is 14.7 Å². The van der Waals surface area contributed by atoms with Gasteiger partial charge in [0.15, 0.2) is 0 Å². The lowest BCUT2D eigenvalue weighted by molar-refractivity contribution is 0.0949. The van der Waals surface area contributed by atoms with E-state index in [1.54, 1.807) is 6.20 Å². The van der Waals surface area contributed by atoms with Crippen LogP contribution in [0.15, 0.2) is 60.8 Å². The molecule has 0 bridgehead atoms. The van der Waals surface area contributed by atoms with E-state index in [0.717, 1.165) is 43.6 Å². The molecule has 1 N–H and O–H groups in total. The molecule has 144 valence electrons. The number of carbonyl (C=O) groups excluding carboxylic acids is 1. The second-order valence-electron chi connectivity index (χ2n) is 7.30. The van der Waals surface area contributed by atoms with E-state index < -0.39 is 0 Å². The molecule has 4 rings (SSSR count). The van der Waals surface area contributed by atoms with Gasteiger partial charge in [0, 0.05) is 62.1 Å². The average Bonchev–Trinajstić information content (AvgIpc) is 2.74. The molecule has 1 aliphatic rings. The minimum absolute atomic E-state index is 0.0306. The average molecular weight is 374 g/mol. The van der Waals surface area contributed by atoms with Crippen LogP contribution in [0.1, 0.15) is 15.9 Å². The van der Waals surface area contributed by atoms with Gasteiger partial charge < -0.3 is 10.2 Å². The first kappa shape index (κ1) is 18.4. The third-order valence-corrected chi connectivity index (χ3v) is 5.34. The van der Waals surface area contributed by atoms with Crippen LogP contribution in [0.5, 0.6) is 0 Å². The second kappa shape index (κ2) is 8.40. The fourth-order valence-corrected chi connectivity index (χ4v) is 3.78. The normalized spacial score (nSPS) is 15.0. The highest BCUT2D eigenvalue weighted by molar-refractivity contribution is 6.06. The van der Waals surface area contributed by atoms with Gasteiger partial charge in [0.1, 0.15) is 0 Å². The minimum atomic E-state index is -0.0306. The number of anilines is 1. The Morgan fingerprint density at radius 3 is 2.68 bits per heavy atom. The number of piperazine rings is 1. The van der Waals surface area contributed by atoms with Gasteiger partial charge in [-0.05, 0) is 42.8 Å². The van der Waals surface area contributed by atoms with Crippen LogP contribution in [-0.4, -0.2) is 55.1 Å². The van der Waals surface area contributed by atoms with Gasteiger partial charge in [-0.15, -0.1) is 0 Å². The first-order valence-electron chi connectivity index (χ1n) is 9.86. The molecule has 1 saturated heterocycles. The van der Waals surface area contributed by atoms with E-state index in [9.17, 15) is 4.79 Å². The molecular weight excluding hydrogens is 348 g/mol. The molecule has 5 heteroatoms. The molecule has 1 aliphatic heterocycles. The number of hydrogen-bond acceptors (Lipinski definition) is 4. The van der Waals surface area contributed by atoms with Gasteiger partial charge >= 0.3 is 0 Å². The van der Waals surface area contributed by atoms with E-state index in [0.29, 0.717) is 12.1 Å². The van der Waals surface area contributed by atoms with E-state index in [2.05, 4.69) is 51.3 Å². The molecular formula is C23H26N4O. The Morgan fingerprint density at radius 2 is 1.86 bits per heavy atom. The number of hydrogen-bond donors (Lipinski definition) is 1. The van der Waals surface area contributed by atoms with Crippen LogP contribution in [0, 0.1) is 6.92 Å². The highest BCUT2D eigenvalue weighted by atomic mass is 16.1. The highest BCUT2D eigenvalue weighted by Gasteiger charge is 2.17. The highest BCUT2D eigenvalue weighted by Crippen LogP contribution is 2.18. The van der Waals surface area contributed by atoms with Crippen molar-refractivity contribution in [2.75, 3.05) is 44.2 Å². The third kappa shape index (κ3) is 4.15. The summed E-state index contributed by atoms with van der Waals surface area (Å²) in [5, 5.41) is 3.96. The number of fused-ring (bicyclic) bond motifs is 1. The van der Waals surface area contributed by atoms with E-state index in [1.807, 2.05) is 30.3 Å². The van der Waals surface area contributed by atoms with E-state index in [4.69, 9.17) is 0 Å². The number of amides is 1. The Hall–Kier alpha value is -2.92. The molecule has 0 unspecified atom stereocenters. The van der Waals surface area contributed by atoms with Crippen LogP contribution in [-0.2, 0) is 0 Å². The standard InChI is InChI=1S/C23H26N4O/c1-18-5-2-6-19(17-18)27-15-13-26(14-16-27)12-11-25-23(28)21-7-3-9-22-20(21)8-4-10-24-22/h2-10,17H,11-16H2,1H3,(H,25,28). The van der Waals surface area contributed by atoms with Crippen LogP contribution in [0.4, 0.5) is 5.69 Å². The summed E-state index contributed by atoms with van der Waals surface area (Å²) in [7, 11) is 0. The van der Waals surface area contributed by atoms with Gasteiger partial charge in [0.2, 0.25) is 0 Å². The fourth-order valence-electron chi connectivity index (χ4n) is 3.78. The zero-order chi connectivity index (χ0) is 19.3. The summed E-state index contributed by atoms with van der Waals surface area (Å²) in [6.07, 6.45) is 1.75. The van der Waals surface area contributed by atoms with Gasteiger partial charge in [0.05, 0.1) is 5.52 Å². The molecule has 28 heavy (non-hydrogen) atoms. The monoisotopic (exact) mass is 374 g/mol. The van der Waals surface area contributed by atoms with Crippen LogP contribution in [0.3, 0.4) is 0 Å². The van der Waals surface area contributed by atoms with Crippen molar-refractivity contribution < 1.29 is 4.79 Å². The molecule has 0 radical (unpaired) electrons. The number of benzene rings is 2. The van der Waals surface area contributed by atoms with Crippen molar-refractivity contribution in [3.05, 3.63) is 71.9 Å². The zero-order valence-electron chi connectivity index (χ0n) is 16.3. The maximum atomic E-state index is 12.6. The Kier molecular flexibility index (Phi) is 5.53. The van der Waals surface area contributed by atoms with Crippen LogP contribution >= 0.6 is 0 Å². The van der Waals surface area contributed by atoms with Gasteiger partial charge in [-0.1, -0.05) is 24.3 Å². The zero-order valence-corrected chi connectivity index (χ0v) is 16.3. The number of aromatic nitrogens is 1. The smallest absolute Gasteiger partial charge is 0.252 e. The summed E-state index contributed by atoms with van der Waals surface area (Å²) in [5.74, 6) is -0.0306. The summed E-state index contributed by atoms with van der Waals surface area (Å²) in [6.45, 7) is 7.73. The maximum Gasteiger partial charge on any atom is 0.252 e. The first-order chi connectivity index (χ1) is 13.7. The number of carbonyl (C=O) groups is 1. The lowest BCUT2D eigenvalue weighted by Crippen LogP contribution is -2.48. The molecule has 3 aromatic rings. The van der Waals surface area contributed by atoms with Crippen molar-refractivity contribution in [1.82, 2.24) is 15.2 Å². The van der Waals surface area contributed by atoms with Crippen molar-refractivity contribution >= 4 is 22.5 Å². The second-order valence-corrected chi connectivity index (χ2v) is 7.30. The molecule has 0 spiro atoms. The third-order valence-electron chi connectivity index (χ3n) is 5.34. The largest absolute Gasteiger partial charge is 0.369 e. The molecule has 2 aromatic carbocycles. The summed E-state index contributed by atoms with van der Waals surface area (Å²) in [5.41, 5.74) is 4.14. The SMILES string of the molecule is Cc1cccc(N2CCN(CCNC(=O)c3cccc4ncccc34)CC2)c1. The van der Waals surface area contributed by atoms with E-state index in [1.165, 1.54) is 11.3 Å². The van der Waals surface area contributed by atoms with E-state index >= 15 is 0 Å². The quantitative estimate of drug-likeness (QED) is 0.746. The Labute approximate surface area is 166 Å². The van der Waals surface area contributed by atoms with Crippen molar-refractivity contribution in [3.63, 3.8) is 0 Å². The van der Waals surface area contributed by atoms with Crippen molar-refractivity contribution in [3.8, 4) is 0 Å². The molecule has 0 saturated carbocycles. The molecule has 1 fully saturated rings. The molecule has 1 aromatic heterocycles. The van der Waals surface area contributed by atoms with Crippen molar-refractivity contribution in [2.24, 2.45) is 0 Å². The predicted molar refractivity (Wildman–Crippen MR) is 114 cm³/mol. The van der Waals surface area contributed by atoms with Crippen molar-refractivity contribution in [1.29, 1.82) is 0 Å². The summed E-state index contributed by atoms with van der Waals surface area (Å²) in [4.78, 5) is 21.8. The Balaban J connectivity index is 1.27. The van der Waals surface area contributed by atoms with Gasteiger partial charge in [-0.2, -0.15) is 0 Å². The van der Waals surface area contributed by atoms with Gasteiger partial charge in [0.25, 0.3) is 5.91 Å². The predicted octanol–water partition coefficient (Wildman–Crippen LogP) is 3.10. The molecule has 2 heterocycles. The van der Waals surface area contributed by atoms with Crippen LogP contribution in [0.2, 0.25) is 0 Å². The fraction of sp³-hybridized carbons (Fsp3) is 0.304. The maximum absolute atomic E-state index is 12.6. The van der Waals surface area contributed by atoms with Crippen molar-refractivity contribution in [2.45, 2.75) is 6.92 Å². The summed E-state index contributed by atoms with van der Waals surface area (Å²) >= 11 is 0. The Morgan fingerprint density at radius 1 is 1.04 bits per heavy atom. The Bertz CT molecular complexity index is 958.